The SMILES string of the molecule is COC(=O)C(O)c1c(-c2ccc3c(c2)CCCO3)c(-c2csc3ccccc23)nn1C. The normalized spacial score (nSPS) is 14.2. The molecular weight excluding hydrogens is 412 g/mol. The van der Waals surface area contributed by atoms with E-state index in [0.29, 0.717) is 5.69 Å². The van der Waals surface area contributed by atoms with Gasteiger partial charge in [-0.1, -0.05) is 24.3 Å². The van der Waals surface area contributed by atoms with E-state index in [1.165, 1.54) is 7.11 Å². The fraction of sp³-hybridized carbons (Fsp3) is 0.250. The van der Waals surface area contributed by atoms with Crippen LogP contribution in [0.25, 0.3) is 32.5 Å². The Kier molecular flexibility index (Phi) is 5.00. The Morgan fingerprint density at radius 3 is 2.97 bits per heavy atom. The molecule has 158 valence electrons. The van der Waals surface area contributed by atoms with Crippen LogP contribution in [0.15, 0.2) is 47.8 Å². The number of rotatable bonds is 4. The number of methoxy groups -OCH3 is 1. The molecule has 1 atom stereocenters. The number of fused-ring (bicyclic) bond motifs is 2. The third-order valence-electron chi connectivity index (χ3n) is 5.71. The summed E-state index contributed by atoms with van der Waals surface area (Å²) in [5, 5.41) is 18.7. The molecule has 5 rings (SSSR count). The first-order valence-corrected chi connectivity index (χ1v) is 11.0. The number of carbonyl (C=O) groups excluding carboxylic acids is 1. The van der Waals surface area contributed by atoms with Crippen molar-refractivity contribution in [2.45, 2.75) is 18.9 Å². The summed E-state index contributed by atoms with van der Waals surface area (Å²) in [6.45, 7) is 0.720. The molecule has 1 unspecified atom stereocenters. The molecule has 0 fully saturated rings. The van der Waals surface area contributed by atoms with Crippen molar-refractivity contribution in [2.75, 3.05) is 13.7 Å². The largest absolute Gasteiger partial charge is 0.493 e. The average molecular weight is 435 g/mol. The van der Waals surface area contributed by atoms with Crippen molar-refractivity contribution < 1.29 is 19.4 Å². The van der Waals surface area contributed by atoms with Crippen LogP contribution in [0, 0.1) is 0 Å². The Morgan fingerprint density at radius 1 is 1.29 bits per heavy atom. The van der Waals surface area contributed by atoms with Gasteiger partial charge in [0.25, 0.3) is 0 Å². The molecule has 2 aromatic carbocycles. The van der Waals surface area contributed by atoms with Crippen LogP contribution < -0.4 is 4.74 Å². The summed E-state index contributed by atoms with van der Waals surface area (Å²) in [4.78, 5) is 12.3. The van der Waals surface area contributed by atoms with E-state index < -0.39 is 12.1 Å². The second kappa shape index (κ2) is 7.83. The molecule has 1 aliphatic rings. The fourth-order valence-electron chi connectivity index (χ4n) is 4.22. The van der Waals surface area contributed by atoms with Gasteiger partial charge in [0, 0.05) is 33.6 Å². The van der Waals surface area contributed by atoms with Gasteiger partial charge in [0.15, 0.2) is 6.10 Å². The van der Waals surface area contributed by atoms with Crippen LogP contribution in [0.5, 0.6) is 5.75 Å². The highest BCUT2D eigenvalue weighted by Crippen LogP contribution is 2.43. The van der Waals surface area contributed by atoms with Crippen LogP contribution >= 0.6 is 11.3 Å². The summed E-state index contributed by atoms with van der Waals surface area (Å²) in [6, 6.07) is 14.2. The second-order valence-corrected chi connectivity index (χ2v) is 8.49. The molecule has 7 heteroatoms. The smallest absolute Gasteiger partial charge is 0.341 e. The van der Waals surface area contributed by atoms with E-state index in [4.69, 9.17) is 14.6 Å². The van der Waals surface area contributed by atoms with Crippen LogP contribution in [-0.2, 0) is 23.0 Å². The minimum absolute atomic E-state index is 0.411. The first-order valence-electron chi connectivity index (χ1n) is 10.1. The highest BCUT2D eigenvalue weighted by atomic mass is 32.1. The van der Waals surface area contributed by atoms with Gasteiger partial charge >= 0.3 is 5.97 Å². The van der Waals surface area contributed by atoms with E-state index in [0.717, 1.165) is 63.2 Å². The number of esters is 1. The highest BCUT2D eigenvalue weighted by Gasteiger charge is 2.30. The molecule has 0 amide bonds. The number of hydrogen-bond donors (Lipinski definition) is 1. The Morgan fingerprint density at radius 2 is 2.13 bits per heavy atom. The van der Waals surface area contributed by atoms with Gasteiger partial charge in [-0.2, -0.15) is 5.10 Å². The van der Waals surface area contributed by atoms with Gasteiger partial charge in [-0.15, -0.1) is 11.3 Å². The minimum atomic E-state index is -1.44. The number of aliphatic hydroxyl groups excluding tert-OH is 1. The third-order valence-corrected chi connectivity index (χ3v) is 6.67. The van der Waals surface area contributed by atoms with Crippen LogP contribution in [-0.4, -0.2) is 34.6 Å². The quantitative estimate of drug-likeness (QED) is 0.479. The average Bonchev–Trinajstić information content (AvgIpc) is 3.38. The van der Waals surface area contributed by atoms with Crippen molar-refractivity contribution >= 4 is 27.4 Å². The van der Waals surface area contributed by atoms with Gasteiger partial charge in [-0.25, -0.2) is 4.79 Å². The Labute approximate surface area is 183 Å². The topological polar surface area (TPSA) is 73.6 Å². The maximum atomic E-state index is 12.3. The molecule has 6 nitrogen and oxygen atoms in total. The number of aryl methyl sites for hydroxylation is 2. The number of nitrogens with zero attached hydrogens (tertiary/aromatic N) is 2. The third kappa shape index (κ3) is 3.30. The zero-order chi connectivity index (χ0) is 21.5. The number of aromatic nitrogens is 2. The number of ether oxygens (including phenoxy) is 2. The monoisotopic (exact) mass is 434 g/mol. The molecule has 0 spiro atoms. The van der Waals surface area contributed by atoms with Gasteiger partial charge in [0.05, 0.1) is 19.4 Å². The summed E-state index contributed by atoms with van der Waals surface area (Å²) in [7, 11) is 3.01. The van der Waals surface area contributed by atoms with Crippen molar-refractivity contribution in [1.82, 2.24) is 9.78 Å². The van der Waals surface area contributed by atoms with Gasteiger partial charge < -0.3 is 14.6 Å². The summed E-state index contributed by atoms with van der Waals surface area (Å²) in [5.41, 5.74) is 4.86. The second-order valence-electron chi connectivity index (χ2n) is 7.58. The minimum Gasteiger partial charge on any atom is -0.493 e. The van der Waals surface area contributed by atoms with Crippen molar-refractivity contribution in [3.63, 3.8) is 0 Å². The van der Waals surface area contributed by atoms with Gasteiger partial charge in [-0.3, -0.25) is 4.68 Å². The van der Waals surface area contributed by atoms with Crippen LogP contribution in [0.4, 0.5) is 0 Å². The van der Waals surface area contributed by atoms with E-state index in [1.54, 1.807) is 23.1 Å². The molecule has 0 saturated carbocycles. The van der Waals surface area contributed by atoms with E-state index in [1.807, 2.05) is 24.3 Å². The van der Waals surface area contributed by atoms with E-state index in [2.05, 4.69) is 23.6 Å². The molecule has 0 saturated heterocycles. The van der Waals surface area contributed by atoms with Crippen LogP contribution in [0.1, 0.15) is 23.8 Å². The number of carbonyl (C=O) groups is 1. The zero-order valence-electron chi connectivity index (χ0n) is 17.3. The number of aliphatic hydroxyl groups is 1. The van der Waals surface area contributed by atoms with E-state index in [9.17, 15) is 9.90 Å². The maximum absolute atomic E-state index is 12.3. The lowest BCUT2D eigenvalue weighted by atomic mass is 9.93. The summed E-state index contributed by atoms with van der Waals surface area (Å²) in [5.74, 6) is 0.170. The molecule has 4 aromatic rings. The number of thiophene rings is 1. The number of benzene rings is 2. The maximum Gasteiger partial charge on any atom is 0.341 e. The molecule has 3 heterocycles. The fourth-order valence-corrected chi connectivity index (χ4v) is 5.17. The summed E-state index contributed by atoms with van der Waals surface area (Å²) in [6.07, 6.45) is 0.446. The van der Waals surface area contributed by atoms with Crippen molar-refractivity contribution in [3.05, 3.63) is 59.1 Å². The first kappa shape index (κ1) is 19.8. The molecule has 2 aromatic heterocycles. The Bertz CT molecular complexity index is 1290. The Balaban J connectivity index is 1.77. The van der Waals surface area contributed by atoms with E-state index in [-0.39, 0.29) is 0 Å². The van der Waals surface area contributed by atoms with Crippen molar-refractivity contribution in [2.24, 2.45) is 7.05 Å². The molecule has 31 heavy (non-hydrogen) atoms. The van der Waals surface area contributed by atoms with Gasteiger partial charge in [-0.05, 0) is 42.2 Å². The predicted molar refractivity (Wildman–Crippen MR) is 120 cm³/mol. The van der Waals surface area contributed by atoms with Crippen molar-refractivity contribution in [1.29, 1.82) is 0 Å². The predicted octanol–water partition coefficient (Wildman–Crippen LogP) is 4.50. The standard InChI is InChI=1S/C24H22N2O4S/c1-26-22(23(27)24(28)29-2)20(15-9-10-18-14(12-15)6-5-11-30-18)21(25-26)17-13-31-19-8-4-3-7-16(17)19/h3-4,7-10,12-13,23,27H,5-6,11H2,1-2H3. The highest BCUT2D eigenvalue weighted by molar-refractivity contribution is 7.17. The van der Waals surface area contributed by atoms with Crippen LogP contribution in [0.2, 0.25) is 0 Å². The van der Waals surface area contributed by atoms with Crippen LogP contribution in [0.3, 0.4) is 0 Å². The molecule has 0 bridgehead atoms. The molecular formula is C24H22N2O4S. The number of hydrogen-bond acceptors (Lipinski definition) is 6. The van der Waals surface area contributed by atoms with Gasteiger partial charge in [0.1, 0.15) is 11.4 Å². The lowest BCUT2D eigenvalue weighted by molar-refractivity contribution is -0.151. The zero-order valence-corrected chi connectivity index (χ0v) is 18.1. The summed E-state index contributed by atoms with van der Waals surface area (Å²) < 4.78 is 13.3. The Hall–Kier alpha value is -3.16. The molecule has 0 aliphatic carbocycles. The molecule has 1 aliphatic heterocycles. The van der Waals surface area contributed by atoms with E-state index >= 15 is 0 Å². The first-order chi connectivity index (χ1) is 15.1. The van der Waals surface area contributed by atoms with Crippen molar-refractivity contribution in [3.8, 4) is 28.1 Å². The molecule has 0 radical (unpaired) electrons. The molecule has 1 N–H and O–H groups in total. The summed E-state index contributed by atoms with van der Waals surface area (Å²) >= 11 is 1.65. The lowest BCUT2D eigenvalue weighted by Crippen LogP contribution is -2.17. The van der Waals surface area contributed by atoms with Gasteiger partial charge in [0.2, 0.25) is 0 Å². The lowest BCUT2D eigenvalue weighted by Gasteiger charge is -2.19.